The van der Waals surface area contributed by atoms with E-state index in [0.717, 1.165) is 61.3 Å². The molecule has 9 heteroatoms. The van der Waals surface area contributed by atoms with Crippen LogP contribution in [0.3, 0.4) is 0 Å². The van der Waals surface area contributed by atoms with Crippen LogP contribution in [0.5, 0.6) is 0 Å². The van der Waals surface area contributed by atoms with Gasteiger partial charge in [0.1, 0.15) is 5.82 Å². The van der Waals surface area contributed by atoms with E-state index < -0.39 is 0 Å². The lowest BCUT2D eigenvalue weighted by molar-refractivity contribution is 0.368. The molecule has 0 radical (unpaired) electrons. The summed E-state index contributed by atoms with van der Waals surface area (Å²) in [7, 11) is 0. The number of nitrogens with one attached hydrogen (secondary N) is 2. The van der Waals surface area contributed by atoms with Gasteiger partial charge in [0, 0.05) is 36.9 Å². The molecule has 6 nitrogen and oxygen atoms in total. The number of hydrogen-bond donors (Lipinski definition) is 2. The Morgan fingerprint density at radius 1 is 1.21 bits per heavy atom. The van der Waals surface area contributed by atoms with Crippen molar-refractivity contribution in [2.45, 2.75) is 50.8 Å². The lowest BCUT2D eigenvalue weighted by Gasteiger charge is -2.10. The number of guanidine groups is 1. The highest BCUT2D eigenvalue weighted by Gasteiger charge is 2.09. The van der Waals surface area contributed by atoms with E-state index >= 15 is 0 Å². The first kappa shape index (κ1) is 25.7. The minimum absolute atomic E-state index is 0. The molecule has 0 saturated carbocycles. The van der Waals surface area contributed by atoms with Gasteiger partial charge in [-0.1, -0.05) is 19.0 Å². The molecule has 0 aliphatic carbocycles. The Morgan fingerprint density at radius 2 is 1.97 bits per heavy atom. The predicted octanol–water partition coefficient (Wildman–Crippen LogP) is 4.62. The Hall–Kier alpha value is -1.36. The Balaban J connectivity index is 0.00000420. The standard InChI is InChI=1S/C20H30FN5OS.HI/c1-4-22-20(23-12-5-7-18-25-19(15(2)3)26-27-18)24-13-6-14-28-17-10-8-16(21)9-11-17;/h8-11,15H,4-7,12-14H2,1-3H3,(H2,22,23,24);1H. The van der Waals surface area contributed by atoms with Crippen molar-refractivity contribution in [2.24, 2.45) is 4.99 Å². The molecule has 0 spiro atoms. The quantitative estimate of drug-likeness (QED) is 0.144. The molecule has 2 rings (SSSR count). The second-order valence-electron chi connectivity index (χ2n) is 6.65. The topological polar surface area (TPSA) is 75.3 Å². The Bertz CT molecular complexity index is 724. The third-order valence-corrected chi connectivity index (χ3v) is 4.96. The number of hydrogen-bond acceptors (Lipinski definition) is 5. The van der Waals surface area contributed by atoms with Crippen LogP contribution in [0.25, 0.3) is 0 Å². The second-order valence-corrected chi connectivity index (χ2v) is 7.82. The number of halogens is 2. The molecule has 162 valence electrons. The fraction of sp³-hybridized carbons (Fsp3) is 0.550. The van der Waals surface area contributed by atoms with E-state index in [-0.39, 0.29) is 35.7 Å². The summed E-state index contributed by atoms with van der Waals surface area (Å²) in [6.45, 7) is 8.49. The first-order valence-electron chi connectivity index (χ1n) is 9.81. The van der Waals surface area contributed by atoms with E-state index in [2.05, 4.69) is 25.8 Å². The van der Waals surface area contributed by atoms with Crippen molar-refractivity contribution in [1.29, 1.82) is 0 Å². The van der Waals surface area contributed by atoms with Gasteiger partial charge >= 0.3 is 0 Å². The van der Waals surface area contributed by atoms with Gasteiger partial charge in [0.05, 0.1) is 0 Å². The number of nitrogens with zero attached hydrogens (tertiary/aromatic N) is 3. The number of benzene rings is 1. The zero-order valence-corrected chi connectivity index (χ0v) is 20.4. The zero-order chi connectivity index (χ0) is 20.2. The van der Waals surface area contributed by atoms with Crippen molar-refractivity contribution in [3.8, 4) is 0 Å². The molecule has 0 fully saturated rings. The van der Waals surface area contributed by atoms with Crippen LogP contribution in [0, 0.1) is 5.82 Å². The maximum Gasteiger partial charge on any atom is 0.226 e. The van der Waals surface area contributed by atoms with Crippen molar-refractivity contribution in [3.05, 3.63) is 41.8 Å². The van der Waals surface area contributed by atoms with E-state index in [1.165, 1.54) is 12.1 Å². The molecular formula is C20H31FIN5OS. The second kappa shape index (κ2) is 14.6. The molecule has 2 N–H and O–H groups in total. The Labute approximate surface area is 193 Å². The van der Waals surface area contributed by atoms with Crippen molar-refractivity contribution in [1.82, 2.24) is 20.8 Å². The molecule has 1 aromatic carbocycles. The molecule has 0 unspecified atom stereocenters. The number of aliphatic imine (C=N–C) groups is 1. The average molecular weight is 535 g/mol. The van der Waals surface area contributed by atoms with Crippen LogP contribution in [0.1, 0.15) is 51.2 Å². The summed E-state index contributed by atoms with van der Waals surface area (Å²) < 4.78 is 18.2. The zero-order valence-electron chi connectivity index (χ0n) is 17.3. The summed E-state index contributed by atoms with van der Waals surface area (Å²) in [6, 6.07) is 6.60. The number of thioether (sulfide) groups is 1. The lowest BCUT2D eigenvalue weighted by atomic mass is 10.2. The largest absolute Gasteiger partial charge is 0.357 e. The molecule has 29 heavy (non-hydrogen) atoms. The van der Waals surface area contributed by atoms with Gasteiger partial charge in [-0.25, -0.2) is 4.39 Å². The molecule has 0 atom stereocenters. The summed E-state index contributed by atoms with van der Waals surface area (Å²) in [4.78, 5) is 10.1. The monoisotopic (exact) mass is 535 g/mol. The van der Waals surface area contributed by atoms with E-state index in [1.807, 2.05) is 32.9 Å². The number of rotatable bonds is 11. The van der Waals surface area contributed by atoms with Gasteiger partial charge in [0.2, 0.25) is 5.89 Å². The number of aryl methyl sites for hydroxylation is 1. The van der Waals surface area contributed by atoms with Gasteiger partial charge in [0.15, 0.2) is 11.8 Å². The average Bonchev–Trinajstić information content (AvgIpc) is 3.15. The molecular weight excluding hydrogens is 504 g/mol. The fourth-order valence-corrected chi connectivity index (χ4v) is 3.21. The van der Waals surface area contributed by atoms with Crippen molar-refractivity contribution >= 4 is 41.7 Å². The van der Waals surface area contributed by atoms with Crippen LogP contribution >= 0.6 is 35.7 Å². The molecule has 2 aromatic rings. The van der Waals surface area contributed by atoms with E-state index in [0.29, 0.717) is 5.89 Å². The summed E-state index contributed by atoms with van der Waals surface area (Å²) in [5, 5.41) is 10.6. The minimum Gasteiger partial charge on any atom is -0.357 e. The smallest absolute Gasteiger partial charge is 0.226 e. The van der Waals surface area contributed by atoms with Gasteiger partial charge in [-0.15, -0.1) is 35.7 Å². The maximum absolute atomic E-state index is 12.9. The third kappa shape index (κ3) is 10.3. The van der Waals surface area contributed by atoms with Gasteiger partial charge < -0.3 is 15.2 Å². The van der Waals surface area contributed by atoms with Gasteiger partial charge in [-0.05, 0) is 49.8 Å². The predicted molar refractivity (Wildman–Crippen MR) is 128 cm³/mol. The molecule has 0 aliphatic heterocycles. The van der Waals surface area contributed by atoms with E-state index in [4.69, 9.17) is 4.52 Å². The number of aromatic nitrogens is 2. The van der Waals surface area contributed by atoms with Gasteiger partial charge in [-0.3, -0.25) is 4.99 Å². The van der Waals surface area contributed by atoms with Crippen LogP contribution in [0.2, 0.25) is 0 Å². The SMILES string of the molecule is CCNC(=NCCCSc1ccc(F)cc1)NCCCc1nc(C(C)C)no1.I. The normalized spacial score (nSPS) is 11.4. The molecule has 1 aromatic heterocycles. The molecule has 0 aliphatic rings. The first-order valence-corrected chi connectivity index (χ1v) is 10.8. The maximum atomic E-state index is 12.9. The molecule has 0 saturated heterocycles. The lowest BCUT2D eigenvalue weighted by Crippen LogP contribution is -2.38. The van der Waals surface area contributed by atoms with Crippen molar-refractivity contribution < 1.29 is 8.91 Å². The minimum atomic E-state index is -0.199. The Morgan fingerprint density at radius 3 is 2.62 bits per heavy atom. The summed E-state index contributed by atoms with van der Waals surface area (Å²) in [5.41, 5.74) is 0. The molecule has 0 amide bonds. The van der Waals surface area contributed by atoms with Gasteiger partial charge in [0.25, 0.3) is 0 Å². The highest BCUT2D eigenvalue weighted by Crippen LogP contribution is 2.18. The summed E-state index contributed by atoms with van der Waals surface area (Å²) in [6.07, 6.45) is 2.60. The summed E-state index contributed by atoms with van der Waals surface area (Å²) in [5.74, 6) is 3.30. The van der Waals surface area contributed by atoms with Crippen LogP contribution in [0.15, 0.2) is 38.7 Å². The van der Waals surface area contributed by atoms with E-state index in [1.54, 1.807) is 11.8 Å². The van der Waals surface area contributed by atoms with Crippen molar-refractivity contribution in [2.75, 3.05) is 25.4 Å². The highest BCUT2D eigenvalue weighted by molar-refractivity contribution is 14.0. The Kier molecular flexibility index (Phi) is 12.9. The first-order chi connectivity index (χ1) is 13.6. The van der Waals surface area contributed by atoms with E-state index in [9.17, 15) is 4.39 Å². The molecule has 0 bridgehead atoms. The highest BCUT2D eigenvalue weighted by atomic mass is 127. The van der Waals surface area contributed by atoms with Crippen LogP contribution in [-0.4, -0.2) is 41.5 Å². The van der Waals surface area contributed by atoms with Gasteiger partial charge in [-0.2, -0.15) is 4.98 Å². The van der Waals surface area contributed by atoms with Crippen LogP contribution in [-0.2, 0) is 6.42 Å². The molecule has 1 heterocycles. The van der Waals surface area contributed by atoms with Crippen molar-refractivity contribution in [3.63, 3.8) is 0 Å². The van der Waals surface area contributed by atoms with Crippen LogP contribution in [0.4, 0.5) is 4.39 Å². The summed E-state index contributed by atoms with van der Waals surface area (Å²) >= 11 is 1.72. The third-order valence-electron chi connectivity index (χ3n) is 3.86. The van der Waals surface area contributed by atoms with Crippen LogP contribution < -0.4 is 10.6 Å². The fourth-order valence-electron chi connectivity index (χ4n) is 2.37.